The molecule has 32 heavy (non-hydrogen) atoms. The van der Waals surface area contributed by atoms with Crippen molar-refractivity contribution >= 4 is 44.7 Å². The number of amides is 1. The van der Waals surface area contributed by atoms with Gasteiger partial charge in [0, 0.05) is 41.4 Å². The summed E-state index contributed by atoms with van der Waals surface area (Å²) in [4.78, 5) is 20.2. The number of imidazole rings is 1. The van der Waals surface area contributed by atoms with Gasteiger partial charge >= 0.3 is 0 Å². The summed E-state index contributed by atoms with van der Waals surface area (Å²) in [6.07, 6.45) is 2.89. The average molecular weight is 496 g/mol. The van der Waals surface area contributed by atoms with E-state index in [1.165, 1.54) is 13.1 Å². The van der Waals surface area contributed by atoms with Gasteiger partial charge in [0.2, 0.25) is 11.7 Å². The number of fused-ring (bicyclic) bond motifs is 1. The highest BCUT2D eigenvalue weighted by Crippen LogP contribution is 2.35. The maximum absolute atomic E-state index is 13.3. The predicted octanol–water partition coefficient (Wildman–Crippen LogP) is 3.30. The molecule has 2 atom stereocenters. The van der Waals surface area contributed by atoms with E-state index in [2.05, 4.69) is 15.3 Å². The number of carbonyl (C=O) groups is 1. The molecule has 3 N–H and O–H groups in total. The van der Waals surface area contributed by atoms with E-state index in [9.17, 15) is 13.2 Å². The standard InChI is InChI=1S/C21H23Cl2N5O3S/c1-11-17(9-24)20(16-6-3-13(22)7-18(16)23)28-10-19(27-21(28)25-11)32(30,31)15-5-4-14(8-15)26-12(2)29/h3,6-7,10,14-15H,4-5,8-9,24H2,1-2H3,(H,26,29)/t14-,15?/m0/s1. The van der Waals surface area contributed by atoms with Gasteiger partial charge < -0.3 is 11.1 Å². The first-order valence-electron chi connectivity index (χ1n) is 10.2. The Balaban J connectivity index is 1.83. The first-order chi connectivity index (χ1) is 15.1. The summed E-state index contributed by atoms with van der Waals surface area (Å²) in [7, 11) is -3.73. The van der Waals surface area contributed by atoms with Crippen molar-refractivity contribution in [2.45, 2.75) is 56.0 Å². The highest BCUT2D eigenvalue weighted by molar-refractivity contribution is 7.92. The van der Waals surface area contributed by atoms with Crippen LogP contribution in [0.25, 0.3) is 17.0 Å². The maximum atomic E-state index is 13.3. The van der Waals surface area contributed by atoms with Crippen LogP contribution in [0.4, 0.5) is 0 Å². The van der Waals surface area contributed by atoms with Crippen molar-refractivity contribution in [3.63, 3.8) is 0 Å². The van der Waals surface area contributed by atoms with Gasteiger partial charge in [0.15, 0.2) is 14.9 Å². The molecule has 2 heterocycles. The third-order valence-corrected chi connectivity index (χ3v) is 8.44. The first kappa shape index (κ1) is 23.0. The molecule has 1 aromatic carbocycles. The molecule has 0 spiro atoms. The Morgan fingerprint density at radius 1 is 1.28 bits per heavy atom. The summed E-state index contributed by atoms with van der Waals surface area (Å²) >= 11 is 12.5. The van der Waals surface area contributed by atoms with Gasteiger partial charge in [-0.3, -0.25) is 9.20 Å². The molecule has 1 unspecified atom stereocenters. The molecule has 11 heteroatoms. The largest absolute Gasteiger partial charge is 0.354 e. The van der Waals surface area contributed by atoms with Crippen LogP contribution >= 0.6 is 23.2 Å². The molecule has 1 amide bonds. The fraction of sp³-hybridized carbons (Fsp3) is 0.381. The number of nitrogens with two attached hydrogens (primary N) is 1. The Bertz CT molecular complexity index is 1320. The van der Waals surface area contributed by atoms with Crippen molar-refractivity contribution < 1.29 is 13.2 Å². The highest BCUT2D eigenvalue weighted by Gasteiger charge is 2.37. The molecule has 1 saturated carbocycles. The number of rotatable bonds is 5. The monoisotopic (exact) mass is 495 g/mol. The second kappa shape index (κ2) is 8.62. The number of carbonyl (C=O) groups excluding carboxylic acids is 1. The van der Waals surface area contributed by atoms with Gasteiger partial charge in [-0.25, -0.2) is 13.4 Å². The van der Waals surface area contributed by atoms with Crippen molar-refractivity contribution in [2.24, 2.45) is 5.73 Å². The summed E-state index contributed by atoms with van der Waals surface area (Å²) in [6, 6.07) is 4.94. The summed E-state index contributed by atoms with van der Waals surface area (Å²) in [5.41, 5.74) is 8.67. The van der Waals surface area contributed by atoms with E-state index in [4.69, 9.17) is 28.9 Å². The van der Waals surface area contributed by atoms with Crippen LogP contribution in [0.3, 0.4) is 0 Å². The third-order valence-electron chi connectivity index (χ3n) is 5.81. The van der Waals surface area contributed by atoms with Crippen LogP contribution in [0.15, 0.2) is 29.4 Å². The summed E-state index contributed by atoms with van der Waals surface area (Å²) in [5.74, 6) is 0.0787. The van der Waals surface area contributed by atoms with Gasteiger partial charge in [-0.1, -0.05) is 23.2 Å². The molecule has 1 aliphatic carbocycles. The smallest absolute Gasteiger partial charge is 0.235 e. The van der Waals surface area contributed by atoms with Crippen LogP contribution in [0.5, 0.6) is 0 Å². The van der Waals surface area contributed by atoms with Gasteiger partial charge in [-0.15, -0.1) is 0 Å². The zero-order valence-corrected chi connectivity index (χ0v) is 19.9. The Labute approximate surface area is 196 Å². The number of benzene rings is 1. The molecule has 0 saturated heterocycles. The van der Waals surface area contributed by atoms with Gasteiger partial charge in [-0.05, 0) is 44.4 Å². The normalized spacial score (nSPS) is 18.9. The Morgan fingerprint density at radius 2 is 2.03 bits per heavy atom. The van der Waals surface area contributed by atoms with E-state index in [0.29, 0.717) is 46.3 Å². The number of sulfone groups is 1. The van der Waals surface area contributed by atoms with E-state index in [-0.39, 0.29) is 29.3 Å². The van der Waals surface area contributed by atoms with E-state index in [1.807, 2.05) is 0 Å². The van der Waals surface area contributed by atoms with Crippen molar-refractivity contribution in [1.29, 1.82) is 0 Å². The second-order valence-electron chi connectivity index (χ2n) is 7.98. The van der Waals surface area contributed by atoms with Crippen LogP contribution < -0.4 is 11.1 Å². The fourth-order valence-electron chi connectivity index (χ4n) is 4.29. The summed E-state index contributed by atoms with van der Waals surface area (Å²) in [6.45, 7) is 3.41. The number of halogens is 2. The topological polar surface area (TPSA) is 119 Å². The van der Waals surface area contributed by atoms with Gasteiger partial charge in [0.05, 0.1) is 22.2 Å². The van der Waals surface area contributed by atoms with Crippen LogP contribution in [0.2, 0.25) is 10.0 Å². The van der Waals surface area contributed by atoms with E-state index >= 15 is 0 Å². The molecule has 2 aromatic heterocycles. The molecule has 8 nitrogen and oxygen atoms in total. The minimum absolute atomic E-state index is 0.0571. The zero-order valence-electron chi connectivity index (χ0n) is 17.6. The zero-order chi connectivity index (χ0) is 23.2. The quantitative estimate of drug-likeness (QED) is 0.560. The van der Waals surface area contributed by atoms with Crippen LogP contribution in [0.1, 0.15) is 37.4 Å². The number of aryl methyl sites for hydroxylation is 1. The number of nitrogens with one attached hydrogen (secondary N) is 1. The van der Waals surface area contributed by atoms with Gasteiger partial charge in [-0.2, -0.15) is 4.98 Å². The highest BCUT2D eigenvalue weighted by atomic mass is 35.5. The molecule has 4 rings (SSSR count). The van der Waals surface area contributed by atoms with Crippen LogP contribution in [0, 0.1) is 6.92 Å². The van der Waals surface area contributed by atoms with Crippen molar-refractivity contribution in [2.75, 3.05) is 0 Å². The predicted molar refractivity (Wildman–Crippen MR) is 124 cm³/mol. The maximum Gasteiger partial charge on any atom is 0.235 e. The van der Waals surface area contributed by atoms with Crippen molar-refractivity contribution in [1.82, 2.24) is 19.7 Å². The molecule has 0 bridgehead atoms. The van der Waals surface area contributed by atoms with E-state index in [1.54, 1.807) is 29.5 Å². The lowest BCUT2D eigenvalue weighted by molar-refractivity contribution is -0.119. The Morgan fingerprint density at radius 3 is 2.69 bits per heavy atom. The summed E-state index contributed by atoms with van der Waals surface area (Å²) in [5, 5.41) is 3.02. The lowest BCUT2D eigenvalue weighted by Gasteiger charge is -2.14. The molecule has 1 fully saturated rings. The molecule has 170 valence electrons. The van der Waals surface area contributed by atoms with Crippen LogP contribution in [-0.4, -0.2) is 40.0 Å². The minimum Gasteiger partial charge on any atom is -0.354 e. The number of hydrogen-bond acceptors (Lipinski definition) is 6. The lowest BCUT2D eigenvalue weighted by Crippen LogP contribution is -2.32. The molecule has 1 aliphatic rings. The van der Waals surface area contributed by atoms with Gasteiger partial charge in [0.25, 0.3) is 0 Å². The Kier molecular flexibility index (Phi) is 6.19. The lowest BCUT2D eigenvalue weighted by atomic mass is 10.0. The van der Waals surface area contributed by atoms with Crippen LogP contribution in [-0.2, 0) is 21.2 Å². The first-order valence-corrected chi connectivity index (χ1v) is 12.5. The average Bonchev–Trinajstić information content (AvgIpc) is 3.34. The Hall–Kier alpha value is -2.20. The fourth-order valence-corrected chi connectivity index (χ4v) is 6.53. The third kappa shape index (κ3) is 4.10. The van der Waals surface area contributed by atoms with Gasteiger partial charge in [0.1, 0.15) is 0 Å². The minimum atomic E-state index is -3.73. The molecular weight excluding hydrogens is 473 g/mol. The summed E-state index contributed by atoms with van der Waals surface area (Å²) < 4.78 is 28.3. The molecule has 0 radical (unpaired) electrons. The van der Waals surface area contributed by atoms with Crippen molar-refractivity contribution in [3.8, 4) is 11.3 Å². The molecule has 3 aromatic rings. The van der Waals surface area contributed by atoms with E-state index < -0.39 is 15.1 Å². The SMILES string of the molecule is CC(=O)N[C@H]1CCC(S(=O)(=O)c2cn3c(-c4ccc(Cl)cc4Cl)c(CN)c(C)nc3n2)C1. The molecule has 0 aliphatic heterocycles. The second-order valence-corrected chi connectivity index (χ2v) is 11.0. The molecular formula is C21H23Cl2N5O3S. The van der Waals surface area contributed by atoms with Crippen molar-refractivity contribution in [3.05, 3.63) is 45.7 Å². The van der Waals surface area contributed by atoms with E-state index in [0.717, 1.165) is 5.56 Å². The number of hydrogen-bond donors (Lipinski definition) is 2. The number of nitrogens with zero attached hydrogens (tertiary/aromatic N) is 3. The number of aromatic nitrogens is 3.